The fourth-order valence-corrected chi connectivity index (χ4v) is 4.86. The summed E-state index contributed by atoms with van der Waals surface area (Å²) in [7, 11) is 0. The SMILES string of the molecule is Cl.O=C(C1COc2ccccc2O1)N(CCCN1CCOCC1)c1nc2ccccc2s1. The molecule has 3 aromatic rings. The van der Waals surface area contributed by atoms with Gasteiger partial charge in [0.25, 0.3) is 5.91 Å². The monoisotopic (exact) mass is 475 g/mol. The molecule has 3 heterocycles. The minimum atomic E-state index is -0.690. The van der Waals surface area contributed by atoms with Crippen LogP contribution in [0.1, 0.15) is 6.42 Å². The number of para-hydroxylation sites is 3. The van der Waals surface area contributed by atoms with E-state index in [4.69, 9.17) is 19.2 Å². The Morgan fingerprint density at radius 1 is 1.09 bits per heavy atom. The van der Waals surface area contributed by atoms with Crippen molar-refractivity contribution in [2.75, 3.05) is 50.9 Å². The second-order valence-corrected chi connectivity index (χ2v) is 8.63. The number of halogens is 1. The van der Waals surface area contributed by atoms with Crippen molar-refractivity contribution in [3.8, 4) is 11.5 Å². The zero-order chi connectivity index (χ0) is 21.0. The van der Waals surface area contributed by atoms with Crippen LogP contribution in [0.25, 0.3) is 10.2 Å². The second kappa shape index (κ2) is 10.5. The Hall–Kier alpha value is -2.39. The van der Waals surface area contributed by atoms with Crippen LogP contribution in [0.3, 0.4) is 0 Å². The van der Waals surface area contributed by atoms with E-state index in [-0.39, 0.29) is 24.9 Å². The summed E-state index contributed by atoms with van der Waals surface area (Å²) >= 11 is 1.53. The second-order valence-electron chi connectivity index (χ2n) is 7.63. The Morgan fingerprint density at radius 3 is 2.66 bits per heavy atom. The minimum absolute atomic E-state index is 0. The molecular weight excluding hydrogens is 450 g/mol. The molecule has 0 saturated carbocycles. The molecule has 1 unspecified atom stereocenters. The molecule has 0 bridgehead atoms. The normalized spacial score (nSPS) is 18.2. The summed E-state index contributed by atoms with van der Waals surface area (Å²) in [6.07, 6.45) is 0.163. The number of hydrogen-bond acceptors (Lipinski definition) is 7. The van der Waals surface area contributed by atoms with E-state index >= 15 is 0 Å². The summed E-state index contributed by atoms with van der Waals surface area (Å²) in [5.74, 6) is 1.16. The molecule has 2 aliphatic rings. The minimum Gasteiger partial charge on any atom is -0.485 e. The number of anilines is 1. The number of carbonyl (C=O) groups excluding carboxylic acids is 1. The van der Waals surface area contributed by atoms with E-state index < -0.39 is 6.10 Å². The molecule has 0 N–H and O–H groups in total. The molecule has 5 rings (SSSR count). The van der Waals surface area contributed by atoms with Crippen molar-refractivity contribution in [3.63, 3.8) is 0 Å². The van der Waals surface area contributed by atoms with Crippen LogP contribution in [-0.2, 0) is 9.53 Å². The summed E-state index contributed by atoms with van der Waals surface area (Å²) < 4.78 is 18.3. The van der Waals surface area contributed by atoms with Crippen molar-refractivity contribution < 1.29 is 19.0 Å². The lowest BCUT2D eigenvalue weighted by atomic mass is 10.2. The summed E-state index contributed by atoms with van der Waals surface area (Å²) in [4.78, 5) is 22.4. The third-order valence-corrected chi connectivity index (χ3v) is 6.58. The molecule has 0 aliphatic carbocycles. The number of nitrogens with zero attached hydrogens (tertiary/aromatic N) is 3. The first-order valence-electron chi connectivity index (χ1n) is 10.6. The van der Waals surface area contributed by atoms with Gasteiger partial charge in [0.2, 0.25) is 6.10 Å². The zero-order valence-corrected chi connectivity index (χ0v) is 19.3. The van der Waals surface area contributed by atoms with Crippen LogP contribution >= 0.6 is 23.7 Å². The molecule has 32 heavy (non-hydrogen) atoms. The molecule has 9 heteroatoms. The lowest BCUT2D eigenvalue weighted by molar-refractivity contribution is -0.127. The average Bonchev–Trinajstić information content (AvgIpc) is 3.26. The number of fused-ring (bicyclic) bond motifs is 2. The van der Waals surface area contributed by atoms with Crippen LogP contribution in [-0.4, -0.2) is 67.9 Å². The van der Waals surface area contributed by atoms with Gasteiger partial charge < -0.3 is 14.2 Å². The number of thiazole rings is 1. The largest absolute Gasteiger partial charge is 0.485 e. The quantitative estimate of drug-likeness (QED) is 0.542. The topological polar surface area (TPSA) is 64.1 Å². The van der Waals surface area contributed by atoms with E-state index in [9.17, 15) is 4.79 Å². The molecule has 2 aliphatic heterocycles. The highest BCUT2D eigenvalue weighted by Crippen LogP contribution is 2.33. The maximum absolute atomic E-state index is 13.5. The smallest absolute Gasteiger partial charge is 0.273 e. The van der Waals surface area contributed by atoms with Crippen molar-refractivity contribution >= 4 is 45.0 Å². The van der Waals surface area contributed by atoms with Crippen molar-refractivity contribution in [1.29, 1.82) is 0 Å². The maximum Gasteiger partial charge on any atom is 0.273 e. The number of amides is 1. The Bertz CT molecular complexity index is 1020. The molecule has 1 aromatic heterocycles. The summed E-state index contributed by atoms with van der Waals surface area (Å²) in [5, 5.41) is 0.704. The highest BCUT2D eigenvalue weighted by atomic mass is 35.5. The first-order valence-corrected chi connectivity index (χ1v) is 11.4. The van der Waals surface area contributed by atoms with E-state index in [2.05, 4.69) is 4.90 Å². The van der Waals surface area contributed by atoms with Crippen LogP contribution in [0, 0.1) is 0 Å². The zero-order valence-electron chi connectivity index (χ0n) is 17.6. The van der Waals surface area contributed by atoms with Gasteiger partial charge in [-0.1, -0.05) is 35.6 Å². The summed E-state index contributed by atoms with van der Waals surface area (Å²) in [6.45, 7) is 5.11. The summed E-state index contributed by atoms with van der Waals surface area (Å²) in [5.41, 5.74) is 0.902. The van der Waals surface area contributed by atoms with Gasteiger partial charge in [0, 0.05) is 26.2 Å². The van der Waals surface area contributed by atoms with Crippen molar-refractivity contribution in [1.82, 2.24) is 9.88 Å². The molecule has 1 fully saturated rings. The number of hydrogen-bond donors (Lipinski definition) is 0. The molecular formula is C23H26ClN3O4S. The maximum atomic E-state index is 13.5. The molecule has 0 radical (unpaired) electrons. The number of rotatable bonds is 6. The predicted octanol–water partition coefficient (Wildman–Crippen LogP) is 3.61. The first kappa shape index (κ1) is 22.8. The number of morpholine rings is 1. The molecule has 1 amide bonds. The number of benzene rings is 2. The summed E-state index contributed by atoms with van der Waals surface area (Å²) in [6, 6.07) is 15.4. The van der Waals surface area contributed by atoms with Crippen LogP contribution in [0.15, 0.2) is 48.5 Å². The number of carbonyl (C=O) groups is 1. The molecule has 170 valence electrons. The van der Waals surface area contributed by atoms with Crippen molar-refractivity contribution in [2.24, 2.45) is 0 Å². The first-order chi connectivity index (χ1) is 15.3. The van der Waals surface area contributed by atoms with Gasteiger partial charge in [0.1, 0.15) is 6.61 Å². The van der Waals surface area contributed by atoms with Gasteiger partial charge >= 0.3 is 0 Å². The van der Waals surface area contributed by atoms with E-state index in [0.717, 1.165) is 49.5 Å². The molecule has 7 nitrogen and oxygen atoms in total. The van der Waals surface area contributed by atoms with E-state index in [1.165, 1.54) is 11.3 Å². The van der Waals surface area contributed by atoms with Crippen LogP contribution < -0.4 is 14.4 Å². The molecule has 1 atom stereocenters. The number of ether oxygens (including phenoxy) is 3. The standard InChI is InChI=1S/C23H25N3O4S.ClH/c27-22(20-16-29-18-7-2-3-8-19(18)30-20)26(11-5-10-25-12-14-28-15-13-25)23-24-17-6-1-4-9-21(17)31-23;/h1-4,6-9,20H,5,10-16H2;1H. The van der Waals surface area contributed by atoms with Crippen molar-refractivity contribution in [3.05, 3.63) is 48.5 Å². The fraction of sp³-hybridized carbons (Fsp3) is 0.391. The Labute approximate surface area is 197 Å². The van der Waals surface area contributed by atoms with Gasteiger partial charge in [-0.2, -0.15) is 0 Å². The third kappa shape index (κ3) is 4.99. The lowest BCUT2D eigenvalue weighted by Crippen LogP contribution is -2.47. The highest BCUT2D eigenvalue weighted by molar-refractivity contribution is 7.22. The van der Waals surface area contributed by atoms with Crippen LogP contribution in [0.2, 0.25) is 0 Å². The fourth-order valence-electron chi connectivity index (χ4n) is 3.87. The molecule has 2 aromatic carbocycles. The number of aromatic nitrogens is 1. The van der Waals surface area contributed by atoms with Crippen molar-refractivity contribution in [2.45, 2.75) is 12.5 Å². The van der Waals surface area contributed by atoms with Gasteiger partial charge in [0.05, 0.1) is 23.4 Å². The highest BCUT2D eigenvalue weighted by Gasteiger charge is 2.33. The van der Waals surface area contributed by atoms with Gasteiger partial charge in [0.15, 0.2) is 16.6 Å². The van der Waals surface area contributed by atoms with Gasteiger partial charge in [-0.15, -0.1) is 12.4 Å². The average molecular weight is 476 g/mol. The van der Waals surface area contributed by atoms with Gasteiger partial charge in [-0.25, -0.2) is 4.98 Å². The molecule has 0 spiro atoms. The Kier molecular flexibility index (Phi) is 7.47. The predicted molar refractivity (Wildman–Crippen MR) is 127 cm³/mol. The van der Waals surface area contributed by atoms with E-state index in [1.54, 1.807) is 4.90 Å². The Morgan fingerprint density at radius 2 is 1.84 bits per heavy atom. The van der Waals surface area contributed by atoms with Crippen LogP contribution in [0.5, 0.6) is 11.5 Å². The van der Waals surface area contributed by atoms with Gasteiger partial charge in [-0.05, 0) is 30.7 Å². The van der Waals surface area contributed by atoms with Gasteiger partial charge in [-0.3, -0.25) is 14.6 Å². The van der Waals surface area contributed by atoms with Crippen LogP contribution in [0.4, 0.5) is 5.13 Å². The molecule has 1 saturated heterocycles. The third-order valence-electron chi connectivity index (χ3n) is 5.52. The van der Waals surface area contributed by atoms with E-state index in [0.29, 0.717) is 23.2 Å². The Balaban J connectivity index is 0.00000245. The van der Waals surface area contributed by atoms with E-state index in [1.807, 2.05) is 48.5 Å². The lowest BCUT2D eigenvalue weighted by Gasteiger charge is -2.31.